The Bertz CT molecular complexity index is 440. The first kappa shape index (κ1) is 12.3. The normalized spacial score (nSPS) is 12.1. The molecule has 0 aromatic carbocycles. The molecule has 0 atom stereocenters. The average molecular weight is 254 g/mol. The molecule has 0 saturated heterocycles. The fourth-order valence-corrected chi connectivity index (χ4v) is 2.08. The van der Waals surface area contributed by atoms with Crippen LogP contribution in [0.4, 0.5) is 0 Å². The van der Waals surface area contributed by atoms with Crippen LogP contribution in [0.5, 0.6) is 6.01 Å². The molecule has 8 heteroatoms. The minimum Gasteiger partial charge on any atom is -0.464 e. The van der Waals surface area contributed by atoms with Crippen molar-refractivity contribution in [2.24, 2.45) is 0 Å². The van der Waals surface area contributed by atoms with Gasteiger partial charge >= 0.3 is 6.01 Å². The van der Waals surface area contributed by atoms with Gasteiger partial charge in [0.2, 0.25) is 0 Å². The third-order valence-corrected chi connectivity index (χ3v) is 2.77. The van der Waals surface area contributed by atoms with Crippen LogP contribution < -0.4 is 4.74 Å². The summed E-state index contributed by atoms with van der Waals surface area (Å²) in [7, 11) is 1.32. The second-order valence-corrected chi connectivity index (χ2v) is 5.56. The minimum atomic E-state index is -3.89. The molecule has 0 fully saturated rings. The molecule has 1 aromatic heterocycles. The van der Waals surface area contributed by atoms with Gasteiger partial charge in [-0.3, -0.25) is 4.57 Å². The molecule has 1 aromatic rings. The fourth-order valence-electron chi connectivity index (χ4n) is 1.10. The SMILES string of the molecule is CCOc1nnc(S(=O)(=O)Cl)n1C(C)C. The van der Waals surface area contributed by atoms with Gasteiger partial charge in [-0.1, -0.05) is 5.10 Å². The summed E-state index contributed by atoms with van der Waals surface area (Å²) in [5, 5.41) is 6.83. The van der Waals surface area contributed by atoms with Crippen molar-refractivity contribution in [3.63, 3.8) is 0 Å². The van der Waals surface area contributed by atoms with E-state index >= 15 is 0 Å². The van der Waals surface area contributed by atoms with Gasteiger partial charge in [0, 0.05) is 16.7 Å². The molecule has 0 N–H and O–H groups in total. The zero-order valence-corrected chi connectivity index (χ0v) is 10.2. The Hall–Kier alpha value is -0.820. The van der Waals surface area contributed by atoms with Crippen LogP contribution in [0, 0.1) is 0 Å². The monoisotopic (exact) mass is 253 g/mol. The molecule has 15 heavy (non-hydrogen) atoms. The maximum absolute atomic E-state index is 11.2. The highest BCUT2D eigenvalue weighted by atomic mass is 35.7. The minimum absolute atomic E-state index is 0.148. The largest absolute Gasteiger partial charge is 0.464 e. The summed E-state index contributed by atoms with van der Waals surface area (Å²) < 4.78 is 28.8. The van der Waals surface area contributed by atoms with Gasteiger partial charge < -0.3 is 4.74 Å². The van der Waals surface area contributed by atoms with Crippen LogP contribution >= 0.6 is 10.7 Å². The van der Waals surface area contributed by atoms with E-state index in [1.807, 2.05) is 0 Å². The van der Waals surface area contributed by atoms with Gasteiger partial charge in [0.05, 0.1) is 6.61 Å². The van der Waals surface area contributed by atoms with E-state index in [-0.39, 0.29) is 17.2 Å². The van der Waals surface area contributed by atoms with Crippen LogP contribution in [0.3, 0.4) is 0 Å². The topological polar surface area (TPSA) is 74.1 Å². The highest BCUT2D eigenvalue weighted by molar-refractivity contribution is 8.13. The molecular formula is C7H12ClN3O3S. The highest BCUT2D eigenvalue weighted by Crippen LogP contribution is 2.23. The molecule has 0 saturated carbocycles. The zero-order valence-electron chi connectivity index (χ0n) is 8.64. The van der Waals surface area contributed by atoms with Crippen LogP contribution in [0.2, 0.25) is 0 Å². The lowest BCUT2D eigenvalue weighted by Crippen LogP contribution is -2.11. The Labute approximate surface area is 92.6 Å². The Balaban J connectivity index is 3.31. The number of halogens is 1. The van der Waals surface area contributed by atoms with Crippen LogP contribution in [0.1, 0.15) is 26.8 Å². The lowest BCUT2D eigenvalue weighted by molar-refractivity contribution is 0.284. The van der Waals surface area contributed by atoms with E-state index in [4.69, 9.17) is 15.4 Å². The van der Waals surface area contributed by atoms with Gasteiger partial charge in [-0.15, -0.1) is 5.10 Å². The van der Waals surface area contributed by atoms with E-state index in [0.29, 0.717) is 6.61 Å². The second-order valence-electron chi connectivity index (χ2n) is 3.10. The number of hydrogen-bond acceptors (Lipinski definition) is 5. The Morgan fingerprint density at radius 2 is 2.07 bits per heavy atom. The van der Waals surface area contributed by atoms with E-state index in [0.717, 1.165) is 0 Å². The standard InChI is InChI=1S/C7H12ClN3O3S/c1-4-14-6-9-10-7(15(8,12)13)11(6)5(2)3/h5H,4H2,1-3H3. The van der Waals surface area contributed by atoms with Gasteiger partial charge in [-0.05, 0) is 20.8 Å². The lowest BCUT2D eigenvalue weighted by atomic mass is 10.4. The van der Waals surface area contributed by atoms with Gasteiger partial charge in [0.15, 0.2) is 0 Å². The first-order valence-electron chi connectivity index (χ1n) is 4.40. The number of ether oxygens (including phenoxy) is 1. The van der Waals surface area contributed by atoms with Crippen molar-refractivity contribution < 1.29 is 13.2 Å². The van der Waals surface area contributed by atoms with Crippen molar-refractivity contribution in [2.75, 3.05) is 6.61 Å². The molecule has 0 unspecified atom stereocenters. The first-order chi connectivity index (χ1) is 6.88. The summed E-state index contributed by atoms with van der Waals surface area (Å²) in [6.07, 6.45) is 0. The Morgan fingerprint density at radius 3 is 2.47 bits per heavy atom. The molecule has 0 aliphatic rings. The van der Waals surface area contributed by atoms with Gasteiger partial charge in [0.25, 0.3) is 14.2 Å². The molecule has 0 spiro atoms. The van der Waals surface area contributed by atoms with Crippen LogP contribution in [0.15, 0.2) is 5.16 Å². The summed E-state index contributed by atoms with van der Waals surface area (Å²) in [5.41, 5.74) is 0. The molecule has 6 nitrogen and oxygen atoms in total. The second kappa shape index (κ2) is 4.36. The average Bonchev–Trinajstić information content (AvgIpc) is 2.47. The third-order valence-electron chi connectivity index (χ3n) is 1.64. The van der Waals surface area contributed by atoms with Gasteiger partial charge in [-0.25, -0.2) is 8.42 Å². The smallest absolute Gasteiger partial charge is 0.318 e. The van der Waals surface area contributed by atoms with Crippen molar-refractivity contribution in [3.05, 3.63) is 0 Å². The fraction of sp³-hybridized carbons (Fsp3) is 0.714. The van der Waals surface area contributed by atoms with E-state index in [1.54, 1.807) is 20.8 Å². The quantitative estimate of drug-likeness (QED) is 0.754. The number of nitrogens with zero attached hydrogens (tertiary/aromatic N) is 3. The molecule has 0 aliphatic heterocycles. The molecule has 0 amide bonds. The van der Waals surface area contributed by atoms with Crippen molar-refractivity contribution in [1.29, 1.82) is 0 Å². The summed E-state index contributed by atoms with van der Waals surface area (Å²) in [6, 6.07) is 0.0109. The van der Waals surface area contributed by atoms with Crippen LogP contribution in [-0.2, 0) is 9.05 Å². The maximum atomic E-state index is 11.2. The maximum Gasteiger partial charge on any atom is 0.318 e. The summed E-state index contributed by atoms with van der Waals surface area (Å²) >= 11 is 0. The third kappa shape index (κ3) is 2.60. The van der Waals surface area contributed by atoms with E-state index in [9.17, 15) is 8.42 Å². The van der Waals surface area contributed by atoms with Crippen molar-refractivity contribution in [1.82, 2.24) is 14.8 Å². The molecule has 0 radical (unpaired) electrons. The molecular weight excluding hydrogens is 242 g/mol. The van der Waals surface area contributed by atoms with E-state index in [2.05, 4.69) is 10.2 Å². The van der Waals surface area contributed by atoms with Crippen LogP contribution in [-0.4, -0.2) is 29.8 Å². The number of aromatic nitrogens is 3. The van der Waals surface area contributed by atoms with Crippen molar-refractivity contribution in [2.45, 2.75) is 32.0 Å². The predicted molar refractivity (Wildman–Crippen MR) is 54.6 cm³/mol. The summed E-state index contributed by atoms with van der Waals surface area (Å²) in [6.45, 7) is 5.73. The lowest BCUT2D eigenvalue weighted by Gasteiger charge is -2.11. The molecule has 0 bridgehead atoms. The molecule has 1 heterocycles. The Morgan fingerprint density at radius 1 is 1.47 bits per heavy atom. The first-order valence-corrected chi connectivity index (χ1v) is 6.71. The van der Waals surface area contributed by atoms with E-state index in [1.165, 1.54) is 4.57 Å². The van der Waals surface area contributed by atoms with Gasteiger partial charge in [-0.2, -0.15) is 0 Å². The molecule has 1 rings (SSSR count). The summed E-state index contributed by atoms with van der Waals surface area (Å²) in [5.74, 6) is 0. The zero-order chi connectivity index (χ0) is 11.6. The van der Waals surface area contributed by atoms with Crippen molar-refractivity contribution >= 4 is 19.7 Å². The van der Waals surface area contributed by atoms with Crippen LogP contribution in [0.25, 0.3) is 0 Å². The number of rotatable bonds is 4. The predicted octanol–water partition coefficient (Wildman–Crippen LogP) is 1.19. The Kier molecular flexibility index (Phi) is 3.56. The molecule has 0 aliphatic carbocycles. The molecule has 86 valence electrons. The van der Waals surface area contributed by atoms with Crippen molar-refractivity contribution in [3.8, 4) is 6.01 Å². The van der Waals surface area contributed by atoms with E-state index < -0.39 is 9.05 Å². The van der Waals surface area contributed by atoms with Gasteiger partial charge in [0.1, 0.15) is 0 Å². The summed E-state index contributed by atoms with van der Waals surface area (Å²) in [4.78, 5) is 0. The number of hydrogen-bond donors (Lipinski definition) is 0. The highest BCUT2D eigenvalue weighted by Gasteiger charge is 2.24.